The molecular weight excluding hydrogens is 244 g/mol. The standard InChI is InChI=1S/C15H24O4/c1-8-4-5-11(16)14(3)7-6-10-9(2)13(17)19-12(10)15(8,14)18/h8-12,16,18H,4-7H2,1-3H3/t8-,9+,10+,11+,12+,14-,15-/m1/s1. The second kappa shape index (κ2) is 3.95. The highest BCUT2D eigenvalue weighted by Crippen LogP contribution is 2.60. The average Bonchev–Trinajstić information content (AvgIpc) is 2.66. The van der Waals surface area contributed by atoms with Gasteiger partial charge in [-0.2, -0.15) is 0 Å². The van der Waals surface area contributed by atoms with Crippen LogP contribution in [0.5, 0.6) is 0 Å². The fourth-order valence-electron chi connectivity index (χ4n) is 4.79. The van der Waals surface area contributed by atoms with Gasteiger partial charge in [0.2, 0.25) is 0 Å². The van der Waals surface area contributed by atoms with Crippen LogP contribution >= 0.6 is 0 Å². The number of rotatable bonds is 0. The van der Waals surface area contributed by atoms with Crippen LogP contribution in [0.15, 0.2) is 0 Å². The number of carbonyl (C=O) groups excluding carboxylic acids is 1. The van der Waals surface area contributed by atoms with Crippen molar-refractivity contribution in [3.63, 3.8) is 0 Å². The molecule has 19 heavy (non-hydrogen) atoms. The molecule has 4 heteroatoms. The van der Waals surface area contributed by atoms with E-state index in [2.05, 4.69) is 0 Å². The van der Waals surface area contributed by atoms with Crippen molar-refractivity contribution in [3.8, 4) is 0 Å². The lowest BCUT2D eigenvalue weighted by atomic mass is 9.49. The van der Waals surface area contributed by atoms with Crippen molar-refractivity contribution in [2.75, 3.05) is 0 Å². The molecule has 2 aliphatic carbocycles. The molecule has 0 spiro atoms. The summed E-state index contributed by atoms with van der Waals surface area (Å²) in [5.74, 6) is -0.185. The van der Waals surface area contributed by atoms with E-state index in [9.17, 15) is 15.0 Å². The second-order valence-electron chi connectivity index (χ2n) is 7.09. The zero-order chi connectivity index (χ0) is 14.0. The molecular formula is C15H24O4. The molecule has 0 aromatic carbocycles. The number of esters is 1. The Morgan fingerprint density at radius 1 is 1.26 bits per heavy atom. The van der Waals surface area contributed by atoms with Crippen molar-refractivity contribution in [3.05, 3.63) is 0 Å². The van der Waals surface area contributed by atoms with Gasteiger partial charge in [0.1, 0.15) is 11.7 Å². The van der Waals surface area contributed by atoms with E-state index in [0.29, 0.717) is 0 Å². The van der Waals surface area contributed by atoms with Crippen molar-refractivity contribution in [2.24, 2.45) is 23.2 Å². The van der Waals surface area contributed by atoms with Crippen molar-refractivity contribution in [2.45, 2.75) is 64.3 Å². The molecule has 2 saturated carbocycles. The zero-order valence-electron chi connectivity index (χ0n) is 11.9. The van der Waals surface area contributed by atoms with E-state index in [1.807, 2.05) is 20.8 Å². The number of fused-ring (bicyclic) bond motifs is 3. The first-order valence-electron chi connectivity index (χ1n) is 7.43. The Labute approximate surface area is 114 Å². The molecule has 0 unspecified atom stereocenters. The number of aliphatic hydroxyl groups is 2. The maximum atomic E-state index is 11.9. The summed E-state index contributed by atoms with van der Waals surface area (Å²) in [6.07, 6.45) is 2.16. The summed E-state index contributed by atoms with van der Waals surface area (Å²) in [4.78, 5) is 11.9. The molecule has 4 nitrogen and oxygen atoms in total. The molecule has 2 N–H and O–H groups in total. The van der Waals surface area contributed by atoms with Crippen LogP contribution < -0.4 is 0 Å². The summed E-state index contributed by atoms with van der Waals surface area (Å²) in [6, 6.07) is 0. The Balaban J connectivity index is 2.05. The molecule has 0 aromatic heterocycles. The van der Waals surface area contributed by atoms with Crippen LogP contribution in [-0.4, -0.2) is 34.0 Å². The quantitative estimate of drug-likeness (QED) is 0.653. The maximum Gasteiger partial charge on any atom is 0.309 e. The summed E-state index contributed by atoms with van der Waals surface area (Å²) in [7, 11) is 0. The van der Waals surface area contributed by atoms with Gasteiger partial charge in [0.25, 0.3) is 0 Å². The summed E-state index contributed by atoms with van der Waals surface area (Å²) in [5, 5.41) is 21.8. The van der Waals surface area contributed by atoms with Gasteiger partial charge in [0.15, 0.2) is 0 Å². The van der Waals surface area contributed by atoms with Gasteiger partial charge in [0, 0.05) is 11.3 Å². The highest BCUT2D eigenvalue weighted by Gasteiger charge is 2.68. The number of hydrogen-bond acceptors (Lipinski definition) is 4. The molecule has 7 atom stereocenters. The van der Waals surface area contributed by atoms with E-state index in [4.69, 9.17) is 4.74 Å². The first-order valence-corrected chi connectivity index (χ1v) is 7.43. The number of aliphatic hydroxyl groups excluding tert-OH is 1. The van der Waals surface area contributed by atoms with E-state index >= 15 is 0 Å². The van der Waals surface area contributed by atoms with Gasteiger partial charge in [-0.05, 0) is 31.6 Å². The third-order valence-electron chi connectivity index (χ3n) is 6.35. The lowest BCUT2D eigenvalue weighted by Gasteiger charge is -2.60. The van der Waals surface area contributed by atoms with Gasteiger partial charge in [-0.25, -0.2) is 0 Å². The summed E-state index contributed by atoms with van der Waals surface area (Å²) in [6.45, 7) is 5.87. The molecule has 0 radical (unpaired) electrons. The summed E-state index contributed by atoms with van der Waals surface area (Å²) >= 11 is 0. The Hall–Kier alpha value is -0.610. The van der Waals surface area contributed by atoms with E-state index in [0.717, 1.165) is 25.7 Å². The predicted molar refractivity (Wildman–Crippen MR) is 69.2 cm³/mol. The van der Waals surface area contributed by atoms with Crippen LogP contribution in [-0.2, 0) is 9.53 Å². The lowest BCUT2D eigenvalue weighted by Crippen LogP contribution is -2.69. The van der Waals surface area contributed by atoms with Crippen molar-refractivity contribution in [1.82, 2.24) is 0 Å². The highest BCUT2D eigenvalue weighted by atomic mass is 16.6. The number of carbonyl (C=O) groups is 1. The first-order chi connectivity index (χ1) is 8.82. The SMILES string of the molecule is C[C@@H]1C(=O)O[C@H]2[C@H]1CC[C@]1(C)[C@@H](O)CC[C@@H](C)[C@@]21O. The average molecular weight is 268 g/mol. The van der Waals surface area contributed by atoms with Gasteiger partial charge in [-0.1, -0.05) is 20.8 Å². The third kappa shape index (κ3) is 1.44. The molecule has 0 amide bonds. The van der Waals surface area contributed by atoms with E-state index in [1.165, 1.54) is 0 Å². The minimum Gasteiger partial charge on any atom is -0.459 e. The zero-order valence-corrected chi connectivity index (χ0v) is 11.9. The fourth-order valence-corrected chi connectivity index (χ4v) is 4.79. The van der Waals surface area contributed by atoms with Gasteiger partial charge < -0.3 is 14.9 Å². The van der Waals surface area contributed by atoms with Crippen LogP contribution in [0.3, 0.4) is 0 Å². The van der Waals surface area contributed by atoms with E-state index in [1.54, 1.807) is 0 Å². The minimum absolute atomic E-state index is 0.0480. The molecule has 3 rings (SSSR count). The summed E-state index contributed by atoms with van der Waals surface area (Å²) < 4.78 is 5.53. The van der Waals surface area contributed by atoms with Gasteiger partial charge in [-0.3, -0.25) is 4.79 Å². The molecule has 1 heterocycles. The molecule has 0 bridgehead atoms. The Bertz CT molecular complexity index is 409. The monoisotopic (exact) mass is 268 g/mol. The van der Waals surface area contributed by atoms with Gasteiger partial charge >= 0.3 is 5.97 Å². The molecule has 1 aliphatic heterocycles. The largest absolute Gasteiger partial charge is 0.459 e. The topological polar surface area (TPSA) is 66.8 Å². The van der Waals surface area contributed by atoms with Crippen molar-refractivity contribution >= 4 is 5.97 Å². The Morgan fingerprint density at radius 3 is 2.63 bits per heavy atom. The van der Waals surface area contributed by atoms with Crippen LogP contribution in [0.2, 0.25) is 0 Å². The fraction of sp³-hybridized carbons (Fsp3) is 0.933. The maximum absolute atomic E-state index is 11.9. The number of ether oxygens (including phenoxy) is 1. The van der Waals surface area contributed by atoms with E-state index in [-0.39, 0.29) is 23.7 Å². The smallest absolute Gasteiger partial charge is 0.309 e. The van der Waals surface area contributed by atoms with Crippen LogP contribution in [0.4, 0.5) is 0 Å². The van der Waals surface area contributed by atoms with Crippen molar-refractivity contribution in [1.29, 1.82) is 0 Å². The summed E-state index contributed by atoms with van der Waals surface area (Å²) in [5.41, 5.74) is -1.65. The van der Waals surface area contributed by atoms with Crippen LogP contribution in [0.25, 0.3) is 0 Å². The Kier molecular flexibility index (Phi) is 2.78. The van der Waals surface area contributed by atoms with Crippen molar-refractivity contribution < 1.29 is 19.7 Å². The Morgan fingerprint density at radius 2 is 1.95 bits per heavy atom. The van der Waals surface area contributed by atoms with Crippen LogP contribution in [0.1, 0.15) is 46.5 Å². The lowest BCUT2D eigenvalue weighted by molar-refractivity contribution is -0.262. The molecule has 108 valence electrons. The molecule has 1 saturated heterocycles. The number of hydrogen-bond donors (Lipinski definition) is 2. The highest BCUT2D eigenvalue weighted by molar-refractivity contribution is 5.75. The van der Waals surface area contributed by atoms with Gasteiger partial charge in [-0.15, -0.1) is 0 Å². The minimum atomic E-state index is -1.09. The van der Waals surface area contributed by atoms with E-state index < -0.39 is 23.2 Å². The molecule has 3 fully saturated rings. The first kappa shape index (κ1) is 13.4. The molecule has 3 aliphatic rings. The van der Waals surface area contributed by atoms with Crippen LogP contribution in [0, 0.1) is 23.2 Å². The third-order valence-corrected chi connectivity index (χ3v) is 6.35. The second-order valence-corrected chi connectivity index (χ2v) is 7.09. The van der Waals surface area contributed by atoms with Gasteiger partial charge in [0.05, 0.1) is 12.0 Å². The molecule has 0 aromatic rings. The predicted octanol–water partition coefficient (Wildman–Crippen LogP) is 1.49. The normalized spacial score (nSPS) is 57.3.